The van der Waals surface area contributed by atoms with Crippen LogP contribution in [0.2, 0.25) is 5.02 Å². The van der Waals surface area contributed by atoms with Crippen molar-refractivity contribution in [3.63, 3.8) is 0 Å². The molecule has 1 unspecified atom stereocenters. The highest BCUT2D eigenvalue weighted by Gasteiger charge is 2.29. The smallest absolute Gasteiger partial charge is 0.125 e. The first-order valence-corrected chi connectivity index (χ1v) is 13.9. The second kappa shape index (κ2) is 13.1. The first kappa shape index (κ1) is 27.1. The molecule has 1 aromatic heterocycles. The maximum atomic E-state index is 13.5. The van der Waals surface area contributed by atoms with Crippen LogP contribution in [0.3, 0.4) is 0 Å². The lowest BCUT2D eigenvalue weighted by Crippen LogP contribution is -2.42. The maximum Gasteiger partial charge on any atom is 0.125 e. The van der Waals surface area contributed by atoms with Crippen LogP contribution in [0.5, 0.6) is 5.75 Å². The fraction of sp³-hybridized carbons (Fsp3) is 0.464. The predicted octanol–water partition coefficient (Wildman–Crippen LogP) is 5.96. The van der Waals surface area contributed by atoms with Gasteiger partial charge in [0, 0.05) is 34.7 Å². The van der Waals surface area contributed by atoms with Gasteiger partial charge in [0.15, 0.2) is 0 Å². The van der Waals surface area contributed by atoms with Gasteiger partial charge in [-0.1, -0.05) is 11.6 Å². The van der Waals surface area contributed by atoms with Crippen LogP contribution >= 0.6 is 23.4 Å². The van der Waals surface area contributed by atoms with Crippen LogP contribution in [-0.2, 0) is 0 Å². The molecule has 4 rings (SSSR count). The topological polar surface area (TPSA) is 65.8 Å². The lowest BCUT2D eigenvalue weighted by molar-refractivity contribution is 0.0581. The van der Waals surface area contributed by atoms with Crippen molar-refractivity contribution in [2.45, 2.75) is 36.7 Å². The van der Waals surface area contributed by atoms with E-state index in [1.54, 1.807) is 31.1 Å². The number of benzene rings is 2. The van der Waals surface area contributed by atoms with Crippen molar-refractivity contribution in [3.05, 3.63) is 65.1 Å². The number of ether oxygens (including phenoxy) is 1. The molecule has 0 saturated carbocycles. The van der Waals surface area contributed by atoms with E-state index in [1.165, 1.54) is 12.1 Å². The first-order valence-electron chi connectivity index (χ1n) is 12.5. The summed E-state index contributed by atoms with van der Waals surface area (Å²) >= 11 is 7.56. The van der Waals surface area contributed by atoms with Crippen molar-refractivity contribution in [2.75, 3.05) is 39.1 Å². The third kappa shape index (κ3) is 7.11. The molecule has 0 bridgehead atoms. The molecule has 1 saturated heterocycles. The van der Waals surface area contributed by atoms with Crippen LogP contribution in [0, 0.1) is 17.7 Å². The number of fused-ring (bicyclic) bond motifs is 1. The highest BCUT2D eigenvalue weighted by molar-refractivity contribution is 7.99. The van der Waals surface area contributed by atoms with Crippen LogP contribution in [0.4, 0.5) is 4.39 Å². The number of likely N-dealkylation sites (tertiary alicyclic amines) is 1. The zero-order valence-corrected chi connectivity index (χ0v) is 22.1. The first-order chi connectivity index (χ1) is 17.5. The van der Waals surface area contributed by atoms with Gasteiger partial charge in [0.05, 0.1) is 18.7 Å². The zero-order valence-electron chi connectivity index (χ0n) is 20.6. The van der Waals surface area contributed by atoms with E-state index in [2.05, 4.69) is 9.88 Å². The highest BCUT2D eigenvalue weighted by Crippen LogP contribution is 2.33. The predicted molar refractivity (Wildman–Crippen MR) is 144 cm³/mol. The Morgan fingerprint density at radius 3 is 2.86 bits per heavy atom. The van der Waals surface area contributed by atoms with Crippen molar-refractivity contribution < 1.29 is 19.3 Å². The van der Waals surface area contributed by atoms with Crippen molar-refractivity contribution in [1.29, 1.82) is 0 Å². The maximum absolute atomic E-state index is 13.5. The van der Waals surface area contributed by atoms with Gasteiger partial charge in [0.25, 0.3) is 0 Å². The molecule has 5 nitrogen and oxygen atoms in total. The van der Waals surface area contributed by atoms with E-state index in [-0.39, 0.29) is 18.3 Å². The lowest BCUT2D eigenvalue weighted by Gasteiger charge is -2.38. The van der Waals surface area contributed by atoms with Gasteiger partial charge < -0.3 is 19.8 Å². The Balaban J connectivity index is 1.25. The monoisotopic (exact) mass is 532 g/mol. The van der Waals surface area contributed by atoms with Crippen molar-refractivity contribution in [2.24, 2.45) is 11.8 Å². The summed E-state index contributed by atoms with van der Waals surface area (Å²) < 4.78 is 18.9. The standard InChI is InChI=1S/C28H34ClFN2O3S/c1-35-23-4-5-27-26(16-23)25(7-9-31-27)28(34)6-3-19-8-11-32(17-20(19)18-33)10-2-12-36-24-14-21(29)13-22(30)15-24/h4-5,7,9,13-16,19-20,28,33-34H,2-3,6,8,10-12,17-18H2,1H3/t19-,20-,28?/m1/s1. The Bertz CT molecular complexity index is 1130. The second-order valence-electron chi connectivity index (χ2n) is 9.48. The number of hydrogen-bond donors (Lipinski definition) is 2. The second-order valence-corrected chi connectivity index (χ2v) is 11.1. The summed E-state index contributed by atoms with van der Waals surface area (Å²) in [6.07, 6.45) is 4.65. The Kier molecular flexibility index (Phi) is 9.85. The van der Waals surface area contributed by atoms with Crippen molar-refractivity contribution >= 4 is 34.3 Å². The molecule has 1 aliphatic heterocycles. The number of pyridine rings is 1. The van der Waals surface area contributed by atoms with E-state index in [1.807, 2.05) is 24.3 Å². The van der Waals surface area contributed by atoms with Crippen LogP contribution in [-0.4, -0.2) is 59.2 Å². The molecule has 3 atom stereocenters. The van der Waals surface area contributed by atoms with E-state index in [9.17, 15) is 14.6 Å². The fourth-order valence-corrected chi connectivity index (χ4v) is 6.33. The number of halogens is 2. The minimum Gasteiger partial charge on any atom is -0.497 e. The van der Waals surface area contributed by atoms with E-state index >= 15 is 0 Å². The van der Waals surface area contributed by atoms with Crippen molar-refractivity contribution in [1.82, 2.24) is 9.88 Å². The molecule has 36 heavy (non-hydrogen) atoms. The highest BCUT2D eigenvalue weighted by atomic mass is 35.5. The average Bonchev–Trinajstić information content (AvgIpc) is 2.88. The van der Waals surface area contributed by atoms with E-state index in [0.29, 0.717) is 17.4 Å². The summed E-state index contributed by atoms with van der Waals surface area (Å²) in [5, 5.41) is 22.4. The fourth-order valence-electron chi connectivity index (χ4n) is 5.13. The molecule has 1 aliphatic rings. The van der Waals surface area contributed by atoms with Gasteiger partial charge in [0.1, 0.15) is 11.6 Å². The Hall–Kier alpha value is -1.90. The number of aliphatic hydroxyl groups excluding tert-OH is 2. The average molecular weight is 533 g/mol. The minimum absolute atomic E-state index is 0.156. The number of thioether (sulfide) groups is 1. The van der Waals surface area contributed by atoms with Gasteiger partial charge in [-0.15, -0.1) is 11.8 Å². The summed E-state index contributed by atoms with van der Waals surface area (Å²) in [7, 11) is 1.63. The van der Waals surface area contributed by atoms with Gasteiger partial charge >= 0.3 is 0 Å². The molecule has 194 valence electrons. The van der Waals surface area contributed by atoms with Gasteiger partial charge in [-0.05, 0) is 104 Å². The number of hydrogen-bond acceptors (Lipinski definition) is 6. The molecule has 2 N–H and O–H groups in total. The third-order valence-electron chi connectivity index (χ3n) is 7.09. The van der Waals surface area contributed by atoms with E-state index in [4.69, 9.17) is 16.3 Å². The van der Waals surface area contributed by atoms with Gasteiger partial charge in [-0.2, -0.15) is 0 Å². The molecule has 0 spiro atoms. The number of methoxy groups -OCH3 is 1. The molecule has 2 aromatic carbocycles. The molecular weight excluding hydrogens is 499 g/mol. The summed E-state index contributed by atoms with van der Waals surface area (Å²) in [4.78, 5) is 7.67. The van der Waals surface area contributed by atoms with Crippen molar-refractivity contribution in [3.8, 4) is 5.75 Å². The van der Waals surface area contributed by atoms with Gasteiger partial charge in [-0.25, -0.2) is 4.39 Å². The van der Waals surface area contributed by atoms with Crippen LogP contribution < -0.4 is 4.74 Å². The summed E-state index contributed by atoms with van der Waals surface area (Å²) in [5.74, 6) is 1.91. The normalized spacial score (nSPS) is 19.5. The number of piperidine rings is 1. The molecule has 0 aliphatic carbocycles. The minimum atomic E-state index is -0.590. The molecule has 8 heteroatoms. The number of nitrogens with zero attached hydrogens (tertiary/aromatic N) is 2. The molecule has 0 radical (unpaired) electrons. The zero-order chi connectivity index (χ0) is 25.5. The largest absolute Gasteiger partial charge is 0.497 e. The summed E-state index contributed by atoms with van der Waals surface area (Å²) in [6.45, 7) is 2.96. The SMILES string of the molecule is COc1ccc2nccc(C(O)CC[C@@H]3CCN(CCCSc4cc(F)cc(Cl)c4)C[C@@H]3CO)c2c1. The van der Waals surface area contributed by atoms with Crippen LogP contribution in [0.25, 0.3) is 10.9 Å². The third-order valence-corrected chi connectivity index (χ3v) is 8.37. The van der Waals surface area contributed by atoms with E-state index < -0.39 is 6.10 Å². The molecule has 0 amide bonds. The van der Waals surface area contributed by atoms with Gasteiger partial charge in [-0.3, -0.25) is 4.98 Å². The molecule has 2 heterocycles. The Morgan fingerprint density at radius 1 is 1.22 bits per heavy atom. The lowest BCUT2D eigenvalue weighted by atomic mass is 9.81. The Morgan fingerprint density at radius 2 is 2.08 bits per heavy atom. The van der Waals surface area contributed by atoms with E-state index in [0.717, 1.165) is 71.8 Å². The number of aromatic nitrogens is 1. The van der Waals surface area contributed by atoms with Crippen LogP contribution in [0.1, 0.15) is 37.4 Å². The molecular formula is C28H34ClFN2O3S. The molecule has 3 aromatic rings. The number of rotatable bonds is 11. The summed E-state index contributed by atoms with van der Waals surface area (Å²) in [6, 6.07) is 12.2. The summed E-state index contributed by atoms with van der Waals surface area (Å²) in [5.41, 5.74) is 1.71. The Labute approximate surface area is 221 Å². The number of aliphatic hydroxyl groups is 2. The van der Waals surface area contributed by atoms with Gasteiger partial charge in [0.2, 0.25) is 0 Å². The molecule has 1 fully saturated rings. The quantitative estimate of drug-likeness (QED) is 0.234. The van der Waals surface area contributed by atoms with Crippen LogP contribution in [0.15, 0.2) is 53.6 Å².